The summed E-state index contributed by atoms with van der Waals surface area (Å²) in [7, 11) is 0. The number of rotatable bonds is 4. The maximum atomic E-state index is 12.8. The molecule has 0 atom stereocenters. The molecule has 0 aliphatic heterocycles. The van der Waals surface area contributed by atoms with Crippen molar-refractivity contribution in [3.05, 3.63) is 40.5 Å². The van der Waals surface area contributed by atoms with Gasteiger partial charge in [-0.2, -0.15) is 4.37 Å². The Morgan fingerprint density at radius 2 is 2.11 bits per heavy atom. The Labute approximate surface area is 108 Å². The number of hydrogen-bond donors (Lipinski definition) is 2. The fraction of sp³-hybridized carbons (Fsp3) is 0.167. The molecule has 0 fully saturated rings. The molecule has 0 aliphatic carbocycles. The third kappa shape index (κ3) is 2.33. The zero-order chi connectivity index (χ0) is 13.1. The molecule has 4 nitrogen and oxygen atoms in total. The number of carbonyl (C=O) groups excluding carboxylic acids is 1. The van der Waals surface area contributed by atoms with Crippen LogP contribution in [0.15, 0.2) is 24.3 Å². The number of halogens is 1. The summed E-state index contributed by atoms with van der Waals surface area (Å²) in [6.45, 7) is 2.60. The molecule has 1 aromatic heterocycles. The molecule has 0 unspecified atom stereocenters. The van der Waals surface area contributed by atoms with E-state index >= 15 is 0 Å². The van der Waals surface area contributed by atoms with E-state index in [4.69, 9.17) is 5.73 Å². The van der Waals surface area contributed by atoms with Crippen LogP contribution in [-0.4, -0.2) is 16.7 Å². The van der Waals surface area contributed by atoms with Gasteiger partial charge >= 0.3 is 0 Å². The molecule has 94 valence electrons. The summed E-state index contributed by atoms with van der Waals surface area (Å²) >= 11 is 1.04. The maximum absolute atomic E-state index is 12.8. The Hall–Kier alpha value is -1.95. The van der Waals surface area contributed by atoms with Crippen LogP contribution in [0.3, 0.4) is 0 Å². The first-order chi connectivity index (χ1) is 8.63. The van der Waals surface area contributed by atoms with E-state index < -0.39 is 0 Å². The van der Waals surface area contributed by atoms with Crippen molar-refractivity contribution in [1.29, 1.82) is 0 Å². The van der Waals surface area contributed by atoms with E-state index in [0.717, 1.165) is 11.5 Å². The highest BCUT2D eigenvalue weighted by molar-refractivity contribution is 7.09. The van der Waals surface area contributed by atoms with Crippen molar-refractivity contribution in [3.63, 3.8) is 0 Å². The standard InChI is InChI=1S/C12H12FN3OS/c1-2-15-12-9(14)11(18-16-12)10(17)7-3-5-8(13)6-4-7/h3-6H,2,14H2,1H3,(H,15,16). The van der Waals surface area contributed by atoms with Crippen molar-refractivity contribution >= 4 is 28.8 Å². The van der Waals surface area contributed by atoms with Crippen LogP contribution in [0, 0.1) is 5.82 Å². The van der Waals surface area contributed by atoms with Gasteiger partial charge in [-0.3, -0.25) is 4.79 Å². The molecule has 0 amide bonds. The lowest BCUT2D eigenvalue weighted by molar-refractivity contribution is 0.104. The van der Waals surface area contributed by atoms with Gasteiger partial charge in [0.25, 0.3) is 0 Å². The summed E-state index contributed by atoms with van der Waals surface area (Å²) in [5.41, 5.74) is 6.59. The molecule has 2 rings (SSSR count). The molecule has 1 aromatic carbocycles. The highest BCUT2D eigenvalue weighted by atomic mass is 32.1. The van der Waals surface area contributed by atoms with Crippen molar-refractivity contribution < 1.29 is 9.18 Å². The second-order valence-corrected chi connectivity index (χ2v) is 4.41. The topological polar surface area (TPSA) is 68.0 Å². The Kier molecular flexibility index (Phi) is 3.57. The van der Waals surface area contributed by atoms with Gasteiger partial charge in [-0.15, -0.1) is 0 Å². The predicted octanol–water partition coefficient (Wildman–Crippen LogP) is 2.53. The molecule has 0 radical (unpaired) electrons. The van der Waals surface area contributed by atoms with Gasteiger partial charge in [0.2, 0.25) is 5.78 Å². The number of benzene rings is 1. The third-order valence-corrected chi connectivity index (χ3v) is 3.25. The number of hydrogen-bond acceptors (Lipinski definition) is 5. The fourth-order valence-electron chi connectivity index (χ4n) is 1.49. The lowest BCUT2D eigenvalue weighted by atomic mass is 10.1. The van der Waals surface area contributed by atoms with Crippen LogP contribution >= 0.6 is 11.5 Å². The van der Waals surface area contributed by atoms with Gasteiger partial charge in [0, 0.05) is 12.1 Å². The number of ketones is 1. The van der Waals surface area contributed by atoms with E-state index in [9.17, 15) is 9.18 Å². The van der Waals surface area contributed by atoms with Gasteiger partial charge in [0.05, 0.1) is 5.69 Å². The molecule has 0 aliphatic rings. The summed E-state index contributed by atoms with van der Waals surface area (Å²) in [6.07, 6.45) is 0. The Bertz CT molecular complexity index is 565. The SMILES string of the molecule is CCNc1nsc(C(=O)c2ccc(F)cc2)c1N. The molecule has 0 spiro atoms. The van der Waals surface area contributed by atoms with E-state index in [0.29, 0.717) is 28.5 Å². The zero-order valence-electron chi connectivity index (χ0n) is 9.74. The molecular formula is C12H12FN3OS. The molecular weight excluding hydrogens is 253 g/mol. The van der Waals surface area contributed by atoms with E-state index in [-0.39, 0.29) is 11.6 Å². The molecule has 1 heterocycles. The first-order valence-corrected chi connectivity index (χ1v) is 6.20. The quantitative estimate of drug-likeness (QED) is 0.833. The van der Waals surface area contributed by atoms with Crippen LogP contribution in [0.1, 0.15) is 22.2 Å². The smallest absolute Gasteiger partial charge is 0.206 e. The maximum Gasteiger partial charge on any atom is 0.206 e. The normalized spacial score (nSPS) is 10.3. The lowest BCUT2D eigenvalue weighted by Gasteiger charge is -2.01. The highest BCUT2D eigenvalue weighted by Gasteiger charge is 2.18. The first kappa shape index (κ1) is 12.5. The number of carbonyl (C=O) groups is 1. The number of nitrogens with zero attached hydrogens (tertiary/aromatic N) is 1. The minimum absolute atomic E-state index is 0.242. The number of aromatic nitrogens is 1. The number of nitrogens with one attached hydrogen (secondary N) is 1. The van der Waals surface area contributed by atoms with Gasteiger partial charge in [0.1, 0.15) is 10.7 Å². The van der Waals surface area contributed by atoms with Gasteiger partial charge in [-0.1, -0.05) is 0 Å². The molecule has 0 bridgehead atoms. The van der Waals surface area contributed by atoms with Crippen molar-refractivity contribution in [2.45, 2.75) is 6.92 Å². The van der Waals surface area contributed by atoms with E-state index in [1.54, 1.807) is 0 Å². The van der Waals surface area contributed by atoms with Crippen molar-refractivity contribution in [2.75, 3.05) is 17.6 Å². The van der Waals surface area contributed by atoms with Crippen LogP contribution in [0.25, 0.3) is 0 Å². The average Bonchev–Trinajstić information content (AvgIpc) is 2.72. The van der Waals surface area contributed by atoms with Gasteiger partial charge in [-0.25, -0.2) is 4.39 Å². The summed E-state index contributed by atoms with van der Waals surface area (Å²) in [5, 5.41) is 2.97. The summed E-state index contributed by atoms with van der Waals surface area (Å²) < 4.78 is 16.9. The van der Waals surface area contributed by atoms with Gasteiger partial charge in [0.15, 0.2) is 5.82 Å². The van der Waals surface area contributed by atoms with E-state index in [1.165, 1.54) is 24.3 Å². The lowest BCUT2D eigenvalue weighted by Crippen LogP contribution is -2.04. The third-order valence-electron chi connectivity index (χ3n) is 2.38. The zero-order valence-corrected chi connectivity index (χ0v) is 10.6. The van der Waals surface area contributed by atoms with Crippen molar-refractivity contribution in [3.8, 4) is 0 Å². The Morgan fingerprint density at radius 3 is 2.72 bits per heavy atom. The summed E-state index contributed by atoms with van der Waals surface area (Å²) in [5.74, 6) is -0.0979. The van der Waals surface area contributed by atoms with Crippen LogP contribution in [0.2, 0.25) is 0 Å². The molecule has 0 saturated heterocycles. The monoisotopic (exact) mass is 265 g/mol. The average molecular weight is 265 g/mol. The van der Waals surface area contributed by atoms with Crippen LogP contribution in [0.4, 0.5) is 15.9 Å². The molecule has 0 saturated carbocycles. The predicted molar refractivity (Wildman–Crippen MR) is 70.5 cm³/mol. The van der Waals surface area contributed by atoms with Crippen LogP contribution < -0.4 is 11.1 Å². The first-order valence-electron chi connectivity index (χ1n) is 5.42. The van der Waals surface area contributed by atoms with Crippen LogP contribution in [0.5, 0.6) is 0 Å². The van der Waals surface area contributed by atoms with E-state index in [1.807, 2.05) is 6.92 Å². The minimum atomic E-state index is -0.378. The van der Waals surface area contributed by atoms with Crippen molar-refractivity contribution in [2.24, 2.45) is 0 Å². The summed E-state index contributed by atoms with van der Waals surface area (Å²) in [6, 6.07) is 5.36. The molecule has 6 heteroatoms. The molecule has 2 aromatic rings. The Balaban J connectivity index is 2.31. The highest BCUT2D eigenvalue weighted by Crippen LogP contribution is 2.28. The van der Waals surface area contributed by atoms with E-state index in [2.05, 4.69) is 9.69 Å². The Morgan fingerprint density at radius 1 is 1.44 bits per heavy atom. The largest absolute Gasteiger partial charge is 0.394 e. The second kappa shape index (κ2) is 5.14. The number of nitrogens with two attached hydrogens (primary N) is 1. The van der Waals surface area contributed by atoms with Crippen LogP contribution in [-0.2, 0) is 0 Å². The van der Waals surface area contributed by atoms with Crippen molar-refractivity contribution in [1.82, 2.24) is 4.37 Å². The molecule has 3 N–H and O–H groups in total. The fourth-order valence-corrected chi connectivity index (χ4v) is 2.23. The number of nitrogen functional groups attached to an aromatic ring is 1. The minimum Gasteiger partial charge on any atom is -0.394 e. The second-order valence-electron chi connectivity index (χ2n) is 3.64. The number of anilines is 2. The molecule has 18 heavy (non-hydrogen) atoms. The summed E-state index contributed by atoms with van der Waals surface area (Å²) in [4.78, 5) is 12.5. The van der Waals surface area contributed by atoms with Gasteiger partial charge < -0.3 is 11.1 Å². The van der Waals surface area contributed by atoms with Gasteiger partial charge in [-0.05, 0) is 42.7 Å².